The van der Waals surface area contributed by atoms with E-state index in [1.165, 1.54) is 6.20 Å². The van der Waals surface area contributed by atoms with Gasteiger partial charge < -0.3 is 10.5 Å². The maximum absolute atomic E-state index is 11.7. The van der Waals surface area contributed by atoms with Gasteiger partial charge in [-0.15, -0.1) is 5.10 Å². The number of H-pyrrole nitrogens is 1. The van der Waals surface area contributed by atoms with Crippen LogP contribution in [0.3, 0.4) is 0 Å². The van der Waals surface area contributed by atoms with Crippen molar-refractivity contribution in [2.24, 2.45) is 0 Å². The Morgan fingerprint density at radius 2 is 2.41 bits per heavy atom. The number of nitrogen functional groups attached to an aromatic ring is 1. The van der Waals surface area contributed by atoms with Gasteiger partial charge in [0, 0.05) is 6.20 Å². The predicted molar refractivity (Wildman–Crippen MR) is 60.0 cm³/mol. The largest absolute Gasteiger partial charge is 0.462 e. The molecule has 0 aromatic carbocycles. The van der Waals surface area contributed by atoms with Crippen molar-refractivity contribution in [1.29, 1.82) is 0 Å². The predicted octanol–water partition coefficient (Wildman–Crippen LogP) is 0.626. The number of carbonyl (C=O) groups excluding carboxylic acids is 1. The van der Waals surface area contributed by atoms with Gasteiger partial charge in [-0.05, 0) is 19.1 Å². The van der Waals surface area contributed by atoms with Gasteiger partial charge in [0.15, 0.2) is 5.82 Å². The molecule has 0 spiro atoms. The van der Waals surface area contributed by atoms with Gasteiger partial charge in [0.05, 0.1) is 6.61 Å². The van der Waals surface area contributed by atoms with Crippen molar-refractivity contribution in [3.63, 3.8) is 0 Å². The molecule has 88 valence electrons. The molecule has 0 radical (unpaired) electrons. The number of rotatable bonds is 3. The minimum Gasteiger partial charge on any atom is -0.462 e. The molecule has 0 amide bonds. The highest BCUT2D eigenvalue weighted by molar-refractivity contribution is 6.00. The maximum atomic E-state index is 11.7. The summed E-state index contributed by atoms with van der Waals surface area (Å²) in [6.45, 7) is 1.99. The zero-order chi connectivity index (χ0) is 12.3. The van der Waals surface area contributed by atoms with Crippen LogP contribution in [0.25, 0.3) is 11.4 Å². The van der Waals surface area contributed by atoms with Gasteiger partial charge >= 0.3 is 5.97 Å². The van der Waals surface area contributed by atoms with E-state index in [9.17, 15) is 4.79 Å². The Kier molecular flexibility index (Phi) is 2.99. The maximum Gasteiger partial charge on any atom is 0.344 e. The molecule has 0 aliphatic carbocycles. The Bertz CT molecular complexity index is 523. The number of aromatic amines is 1. The molecule has 3 N–H and O–H groups in total. The number of ether oxygens (including phenoxy) is 1. The highest BCUT2D eigenvalue weighted by Gasteiger charge is 2.21. The molecule has 2 rings (SSSR count). The van der Waals surface area contributed by atoms with Crippen LogP contribution in [0.5, 0.6) is 0 Å². The zero-order valence-electron chi connectivity index (χ0n) is 9.17. The molecule has 2 heterocycles. The highest BCUT2D eigenvalue weighted by atomic mass is 16.5. The van der Waals surface area contributed by atoms with Crippen LogP contribution in [0.15, 0.2) is 18.3 Å². The first-order valence-corrected chi connectivity index (χ1v) is 5.03. The van der Waals surface area contributed by atoms with E-state index in [-0.39, 0.29) is 18.0 Å². The zero-order valence-corrected chi connectivity index (χ0v) is 9.17. The molecule has 0 saturated heterocycles. The van der Waals surface area contributed by atoms with Crippen molar-refractivity contribution < 1.29 is 9.53 Å². The van der Waals surface area contributed by atoms with Crippen molar-refractivity contribution in [3.05, 3.63) is 23.9 Å². The van der Waals surface area contributed by atoms with Crippen LogP contribution < -0.4 is 5.73 Å². The van der Waals surface area contributed by atoms with Crippen molar-refractivity contribution in [2.45, 2.75) is 6.92 Å². The number of carbonyl (C=O) groups is 1. The Labute approximate surface area is 97.0 Å². The van der Waals surface area contributed by atoms with Crippen LogP contribution in [0.4, 0.5) is 5.82 Å². The number of nitrogens with one attached hydrogen (secondary N) is 1. The average Bonchev–Trinajstić information content (AvgIpc) is 2.73. The van der Waals surface area contributed by atoms with Gasteiger partial charge in [-0.3, -0.25) is 5.10 Å². The number of hydrogen-bond acceptors (Lipinski definition) is 6. The van der Waals surface area contributed by atoms with E-state index in [1.807, 2.05) is 0 Å². The fourth-order valence-electron chi connectivity index (χ4n) is 1.39. The van der Waals surface area contributed by atoms with E-state index in [1.54, 1.807) is 19.1 Å². The second-order valence-corrected chi connectivity index (χ2v) is 3.19. The van der Waals surface area contributed by atoms with E-state index in [2.05, 4.69) is 20.4 Å². The fourth-order valence-corrected chi connectivity index (χ4v) is 1.39. The second-order valence-electron chi connectivity index (χ2n) is 3.19. The van der Waals surface area contributed by atoms with E-state index in [0.717, 1.165) is 0 Å². The summed E-state index contributed by atoms with van der Waals surface area (Å²) < 4.78 is 4.90. The van der Waals surface area contributed by atoms with Gasteiger partial charge in [0.1, 0.15) is 17.0 Å². The quantitative estimate of drug-likeness (QED) is 0.753. The third-order valence-corrected chi connectivity index (χ3v) is 2.10. The molecule has 7 nitrogen and oxygen atoms in total. The van der Waals surface area contributed by atoms with Crippen molar-refractivity contribution in [1.82, 2.24) is 20.4 Å². The lowest BCUT2D eigenvalue weighted by Crippen LogP contribution is -2.08. The summed E-state index contributed by atoms with van der Waals surface area (Å²) in [5, 5.41) is 14.0. The molecule has 0 unspecified atom stereocenters. The number of nitrogens with two attached hydrogens (primary N) is 1. The number of nitrogens with zero attached hydrogens (tertiary/aromatic N) is 3. The van der Waals surface area contributed by atoms with E-state index >= 15 is 0 Å². The fraction of sp³-hybridized carbons (Fsp3) is 0.200. The Balaban J connectivity index is 2.46. The smallest absolute Gasteiger partial charge is 0.344 e. The van der Waals surface area contributed by atoms with Gasteiger partial charge in [-0.25, -0.2) is 4.79 Å². The minimum atomic E-state index is -0.528. The van der Waals surface area contributed by atoms with Crippen LogP contribution >= 0.6 is 0 Å². The molecule has 17 heavy (non-hydrogen) atoms. The summed E-state index contributed by atoms with van der Waals surface area (Å²) in [5.74, 6) is -0.441. The standard InChI is InChI=1S/C10H11N5O2/c1-2-17-10(16)7-8(14-15-9(7)11)6-4-3-5-12-13-6/h3-5H,2H2,1H3,(H3,11,14,15). The van der Waals surface area contributed by atoms with Crippen LogP contribution in [0.2, 0.25) is 0 Å². The summed E-state index contributed by atoms with van der Waals surface area (Å²) in [5.41, 5.74) is 6.70. The molecule has 2 aromatic heterocycles. The lowest BCUT2D eigenvalue weighted by atomic mass is 10.2. The Morgan fingerprint density at radius 3 is 3.06 bits per heavy atom. The first-order valence-electron chi connectivity index (χ1n) is 5.03. The third-order valence-electron chi connectivity index (χ3n) is 2.10. The summed E-state index contributed by atoms with van der Waals surface area (Å²) in [6.07, 6.45) is 1.53. The number of esters is 1. The topological polar surface area (TPSA) is 107 Å². The summed E-state index contributed by atoms with van der Waals surface area (Å²) in [4.78, 5) is 11.7. The van der Waals surface area contributed by atoms with E-state index in [0.29, 0.717) is 11.4 Å². The van der Waals surface area contributed by atoms with Crippen LogP contribution in [-0.2, 0) is 4.74 Å². The molecule has 0 saturated carbocycles. The lowest BCUT2D eigenvalue weighted by molar-refractivity contribution is 0.0528. The third kappa shape index (κ3) is 2.07. The molecular weight excluding hydrogens is 222 g/mol. The van der Waals surface area contributed by atoms with Crippen LogP contribution in [0.1, 0.15) is 17.3 Å². The molecule has 0 aliphatic heterocycles. The minimum absolute atomic E-state index is 0.0871. The number of hydrogen-bond donors (Lipinski definition) is 2. The Hall–Kier alpha value is -2.44. The molecule has 7 heteroatoms. The summed E-state index contributed by atoms with van der Waals surface area (Å²) in [7, 11) is 0. The van der Waals surface area contributed by atoms with E-state index in [4.69, 9.17) is 10.5 Å². The monoisotopic (exact) mass is 233 g/mol. The Morgan fingerprint density at radius 1 is 1.59 bits per heavy atom. The molecular formula is C10H11N5O2. The molecule has 0 atom stereocenters. The molecule has 0 fully saturated rings. The van der Waals surface area contributed by atoms with Crippen molar-refractivity contribution in [3.8, 4) is 11.4 Å². The highest BCUT2D eigenvalue weighted by Crippen LogP contribution is 2.23. The van der Waals surface area contributed by atoms with Crippen LogP contribution in [0, 0.1) is 0 Å². The van der Waals surface area contributed by atoms with Crippen molar-refractivity contribution in [2.75, 3.05) is 12.3 Å². The SMILES string of the molecule is CCOC(=O)c1c(N)n[nH]c1-c1cccnn1. The average molecular weight is 233 g/mol. The van der Waals surface area contributed by atoms with Crippen LogP contribution in [-0.4, -0.2) is 33.0 Å². The molecule has 0 bridgehead atoms. The van der Waals surface area contributed by atoms with Gasteiger partial charge in [-0.2, -0.15) is 10.2 Å². The summed E-state index contributed by atoms with van der Waals surface area (Å²) in [6, 6.07) is 3.40. The molecule has 2 aromatic rings. The normalized spacial score (nSPS) is 10.2. The number of anilines is 1. The van der Waals surface area contributed by atoms with Gasteiger partial charge in [0.25, 0.3) is 0 Å². The lowest BCUT2D eigenvalue weighted by Gasteiger charge is -2.02. The molecule has 0 aliphatic rings. The van der Waals surface area contributed by atoms with E-state index < -0.39 is 5.97 Å². The van der Waals surface area contributed by atoms with Gasteiger partial charge in [-0.1, -0.05) is 0 Å². The second kappa shape index (κ2) is 4.60. The summed E-state index contributed by atoms with van der Waals surface area (Å²) >= 11 is 0. The first-order chi connectivity index (χ1) is 8.24. The van der Waals surface area contributed by atoms with Crippen molar-refractivity contribution >= 4 is 11.8 Å². The number of aromatic nitrogens is 4. The first kappa shape index (κ1) is 11.1. The van der Waals surface area contributed by atoms with Gasteiger partial charge in [0.2, 0.25) is 0 Å².